The molecule has 0 radical (unpaired) electrons. The molecule has 0 aliphatic heterocycles. The van der Waals surface area contributed by atoms with Gasteiger partial charge in [0.15, 0.2) is 0 Å². The van der Waals surface area contributed by atoms with E-state index >= 15 is 0 Å². The van der Waals surface area contributed by atoms with Crippen LogP contribution in [0.5, 0.6) is 0 Å². The number of nitrogens with one attached hydrogen (secondary N) is 2. The van der Waals surface area contributed by atoms with Crippen molar-refractivity contribution in [3.05, 3.63) is 0 Å². The topological polar surface area (TPSA) is 33.3 Å². The first-order valence-corrected chi connectivity index (χ1v) is 4.83. The lowest BCUT2D eigenvalue weighted by atomic mass is 10.3. The van der Waals surface area contributed by atoms with Crippen molar-refractivity contribution in [1.29, 1.82) is 0 Å². The fraction of sp³-hybridized carbons (Fsp3) is 1.00. The highest BCUT2D eigenvalue weighted by Gasteiger charge is 1.97. The van der Waals surface area contributed by atoms with Crippen LogP contribution in [-0.2, 0) is 4.74 Å². The van der Waals surface area contributed by atoms with E-state index in [1.54, 1.807) is 0 Å². The van der Waals surface area contributed by atoms with Crippen LogP contribution in [0.15, 0.2) is 0 Å². The lowest BCUT2D eigenvalue weighted by molar-refractivity contribution is 0.118. The summed E-state index contributed by atoms with van der Waals surface area (Å²) in [4.78, 5) is 0. The Morgan fingerprint density at radius 1 is 1.25 bits per heavy atom. The first-order chi connectivity index (χ1) is 5.81. The summed E-state index contributed by atoms with van der Waals surface area (Å²) >= 11 is 0. The van der Waals surface area contributed by atoms with Crippen molar-refractivity contribution in [2.75, 3.05) is 32.8 Å². The zero-order valence-electron chi connectivity index (χ0n) is 8.52. The molecule has 0 aromatic heterocycles. The van der Waals surface area contributed by atoms with Crippen molar-refractivity contribution in [1.82, 2.24) is 10.6 Å². The van der Waals surface area contributed by atoms with Gasteiger partial charge in [0, 0.05) is 12.6 Å². The van der Waals surface area contributed by atoms with Gasteiger partial charge in [-0.3, -0.25) is 0 Å². The molecule has 2 N–H and O–H groups in total. The minimum atomic E-state index is 0.469. The van der Waals surface area contributed by atoms with Crippen LogP contribution in [0.3, 0.4) is 0 Å². The number of ether oxygens (including phenoxy) is 1. The Hall–Kier alpha value is -0.120. The Morgan fingerprint density at radius 3 is 2.58 bits per heavy atom. The van der Waals surface area contributed by atoms with Crippen LogP contribution in [0, 0.1) is 0 Å². The first-order valence-electron chi connectivity index (χ1n) is 4.83. The number of hydrogen-bond acceptors (Lipinski definition) is 3. The molecule has 3 nitrogen and oxygen atoms in total. The van der Waals surface area contributed by atoms with Crippen molar-refractivity contribution >= 4 is 0 Å². The zero-order valence-corrected chi connectivity index (χ0v) is 8.52. The highest BCUT2D eigenvalue weighted by atomic mass is 16.5. The third-order valence-electron chi connectivity index (χ3n) is 1.59. The molecule has 12 heavy (non-hydrogen) atoms. The molecule has 0 unspecified atom stereocenters. The quantitative estimate of drug-likeness (QED) is 0.529. The van der Waals surface area contributed by atoms with Gasteiger partial charge in [-0.05, 0) is 20.0 Å². The van der Waals surface area contributed by atoms with E-state index in [0.29, 0.717) is 6.04 Å². The van der Waals surface area contributed by atoms with Crippen LogP contribution in [0.25, 0.3) is 0 Å². The summed E-state index contributed by atoms with van der Waals surface area (Å²) in [5, 5.41) is 6.50. The predicted octanol–water partition coefficient (Wildman–Crippen LogP) is 0.610. The van der Waals surface area contributed by atoms with Crippen LogP contribution < -0.4 is 10.6 Å². The van der Waals surface area contributed by atoms with Gasteiger partial charge < -0.3 is 15.4 Å². The molecule has 0 aromatic carbocycles. The van der Waals surface area contributed by atoms with Gasteiger partial charge in [-0.25, -0.2) is 0 Å². The molecule has 0 aliphatic rings. The normalized spacial score (nSPS) is 13.2. The summed E-state index contributed by atoms with van der Waals surface area (Å²) in [7, 11) is 0. The van der Waals surface area contributed by atoms with Crippen LogP contribution in [0.2, 0.25) is 0 Å². The Kier molecular flexibility index (Phi) is 8.88. The molecule has 3 heteroatoms. The number of hydrogen-bond donors (Lipinski definition) is 2. The van der Waals surface area contributed by atoms with Crippen molar-refractivity contribution in [2.24, 2.45) is 0 Å². The minimum absolute atomic E-state index is 0.469. The summed E-state index contributed by atoms with van der Waals surface area (Å²) in [6.07, 6.45) is 0. The molecule has 0 saturated carbocycles. The van der Waals surface area contributed by atoms with E-state index < -0.39 is 0 Å². The van der Waals surface area contributed by atoms with Gasteiger partial charge in [0.25, 0.3) is 0 Å². The second-order valence-electron chi connectivity index (χ2n) is 2.89. The summed E-state index contributed by atoms with van der Waals surface area (Å²) < 4.78 is 5.43. The highest BCUT2D eigenvalue weighted by Crippen LogP contribution is 1.82. The van der Waals surface area contributed by atoms with Gasteiger partial charge in [-0.2, -0.15) is 0 Å². The van der Waals surface area contributed by atoms with Gasteiger partial charge in [0.05, 0.1) is 13.2 Å². The van der Waals surface area contributed by atoms with Gasteiger partial charge in [0.2, 0.25) is 0 Å². The van der Waals surface area contributed by atoms with E-state index in [4.69, 9.17) is 4.74 Å². The van der Waals surface area contributed by atoms with Crippen LogP contribution in [0.4, 0.5) is 0 Å². The Labute approximate surface area is 75.9 Å². The van der Waals surface area contributed by atoms with E-state index in [-0.39, 0.29) is 0 Å². The third-order valence-corrected chi connectivity index (χ3v) is 1.59. The summed E-state index contributed by atoms with van der Waals surface area (Å²) in [5.41, 5.74) is 0. The SMILES string of the molecule is CCNCCOC[C@H](C)NCC. The van der Waals surface area contributed by atoms with Crippen molar-refractivity contribution < 1.29 is 4.74 Å². The molecule has 0 aromatic rings. The van der Waals surface area contributed by atoms with E-state index in [0.717, 1.165) is 32.8 Å². The van der Waals surface area contributed by atoms with Crippen LogP contribution >= 0.6 is 0 Å². The maximum absolute atomic E-state index is 5.43. The third kappa shape index (κ3) is 7.98. The summed E-state index contributed by atoms with van der Waals surface area (Å²) in [5.74, 6) is 0. The average molecular weight is 174 g/mol. The summed E-state index contributed by atoms with van der Waals surface area (Å²) in [6, 6.07) is 0.469. The molecule has 0 heterocycles. The number of rotatable bonds is 8. The predicted molar refractivity (Wildman–Crippen MR) is 52.5 cm³/mol. The second-order valence-corrected chi connectivity index (χ2v) is 2.89. The van der Waals surface area contributed by atoms with Crippen molar-refractivity contribution in [3.8, 4) is 0 Å². The molecule has 0 saturated heterocycles. The van der Waals surface area contributed by atoms with Crippen LogP contribution in [-0.4, -0.2) is 38.9 Å². The molecule has 0 bridgehead atoms. The fourth-order valence-corrected chi connectivity index (χ4v) is 0.989. The second kappa shape index (κ2) is 8.97. The first kappa shape index (κ1) is 11.9. The smallest absolute Gasteiger partial charge is 0.0617 e. The largest absolute Gasteiger partial charge is 0.379 e. The summed E-state index contributed by atoms with van der Waals surface area (Å²) in [6.45, 7) is 10.9. The van der Waals surface area contributed by atoms with E-state index in [9.17, 15) is 0 Å². The molecule has 0 amide bonds. The Morgan fingerprint density at radius 2 is 2.00 bits per heavy atom. The zero-order chi connectivity index (χ0) is 9.23. The maximum Gasteiger partial charge on any atom is 0.0617 e. The van der Waals surface area contributed by atoms with E-state index in [2.05, 4.69) is 31.4 Å². The Balaban J connectivity index is 2.97. The molecule has 0 fully saturated rings. The van der Waals surface area contributed by atoms with Crippen LogP contribution in [0.1, 0.15) is 20.8 Å². The molecule has 0 spiro atoms. The molecule has 0 aliphatic carbocycles. The van der Waals surface area contributed by atoms with E-state index in [1.807, 2.05) is 0 Å². The van der Waals surface area contributed by atoms with Gasteiger partial charge in [-0.1, -0.05) is 13.8 Å². The van der Waals surface area contributed by atoms with Gasteiger partial charge in [0.1, 0.15) is 0 Å². The molecule has 74 valence electrons. The van der Waals surface area contributed by atoms with Crippen molar-refractivity contribution in [3.63, 3.8) is 0 Å². The minimum Gasteiger partial charge on any atom is -0.379 e. The fourth-order valence-electron chi connectivity index (χ4n) is 0.989. The molecule has 1 atom stereocenters. The number of likely N-dealkylation sites (N-methyl/N-ethyl adjacent to an activating group) is 2. The average Bonchev–Trinajstić information content (AvgIpc) is 2.05. The lowest BCUT2D eigenvalue weighted by Gasteiger charge is -2.12. The van der Waals surface area contributed by atoms with E-state index in [1.165, 1.54) is 0 Å². The molecular weight excluding hydrogens is 152 g/mol. The molecular formula is C9H22N2O. The highest BCUT2D eigenvalue weighted by molar-refractivity contribution is 4.56. The standard InChI is InChI=1S/C9H22N2O/c1-4-10-6-7-12-8-9(3)11-5-2/h9-11H,4-8H2,1-3H3/t9-/m0/s1. The monoisotopic (exact) mass is 174 g/mol. The molecule has 0 rings (SSSR count). The van der Waals surface area contributed by atoms with Gasteiger partial charge >= 0.3 is 0 Å². The maximum atomic E-state index is 5.43. The lowest BCUT2D eigenvalue weighted by Crippen LogP contribution is -2.31. The van der Waals surface area contributed by atoms with Crippen molar-refractivity contribution in [2.45, 2.75) is 26.8 Å². The Bertz CT molecular complexity index is 88.6. The van der Waals surface area contributed by atoms with Gasteiger partial charge in [-0.15, -0.1) is 0 Å².